The Morgan fingerprint density at radius 2 is 1.42 bits per heavy atom. The summed E-state index contributed by atoms with van der Waals surface area (Å²) in [6.45, 7) is -0.336. The molecule has 0 saturated carbocycles. The first-order chi connectivity index (χ1) is 11.4. The zero-order valence-electron chi connectivity index (χ0n) is 12.3. The quantitative estimate of drug-likeness (QED) is 0.727. The van der Waals surface area contributed by atoms with E-state index < -0.39 is 17.7 Å². The van der Waals surface area contributed by atoms with Crippen molar-refractivity contribution in [1.82, 2.24) is 5.32 Å². The molecular weight excluding hydrogens is 353 g/mol. The predicted molar refractivity (Wildman–Crippen MR) is 93.2 cm³/mol. The molecule has 0 aliphatic rings. The number of anilines is 2. The lowest BCUT2D eigenvalue weighted by Gasteiger charge is -2.08. The lowest BCUT2D eigenvalue weighted by molar-refractivity contribution is -0.136. The van der Waals surface area contributed by atoms with Crippen LogP contribution in [0.1, 0.15) is 0 Å². The molecule has 0 aliphatic heterocycles. The van der Waals surface area contributed by atoms with E-state index >= 15 is 0 Å². The first-order valence-corrected chi connectivity index (χ1v) is 7.60. The van der Waals surface area contributed by atoms with Crippen molar-refractivity contribution in [1.29, 1.82) is 0 Å². The summed E-state index contributed by atoms with van der Waals surface area (Å²) in [5, 5.41) is 7.79. The van der Waals surface area contributed by atoms with Gasteiger partial charge in [-0.25, -0.2) is 0 Å². The minimum Gasteiger partial charge on any atom is -0.339 e. The van der Waals surface area contributed by atoms with Gasteiger partial charge in [0.05, 0.1) is 6.54 Å². The lowest BCUT2D eigenvalue weighted by atomic mass is 10.3. The average molecular weight is 366 g/mol. The van der Waals surface area contributed by atoms with Gasteiger partial charge in [-0.05, 0) is 30.3 Å². The monoisotopic (exact) mass is 365 g/mol. The third-order valence-electron chi connectivity index (χ3n) is 2.79. The zero-order valence-corrected chi connectivity index (χ0v) is 13.8. The maximum atomic E-state index is 11.8. The molecule has 0 radical (unpaired) electrons. The highest BCUT2D eigenvalue weighted by atomic mass is 35.5. The fraction of sp³-hybridized carbons (Fsp3) is 0.0625. The van der Waals surface area contributed by atoms with E-state index in [1.54, 1.807) is 24.3 Å². The normalized spacial score (nSPS) is 9.92. The number of hydrogen-bond acceptors (Lipinski definition) is 3. The Kier molecular flexibility index (Phi) is 6.17. The van der Waals surface area contributed by atoms with Crippen molar-refractivity contribution in [3.63, 3.8) is 0 Å². The molecule has 2 aromatic rings. The molecule has 0 atom stereocenters. The lowest BCUT2D eigenvalue weighted by Crippen LogP contribution is -2.39. The van der Waals surface area contributed by atoms with Crippen LogP contribution in [0.2, 0.25) is 10.0 Å². The summed E-state index contributed by atoms with van der Waals surface area (Å²) in [6.07, 6.45) is 0. The number of rotatable bonds is 4. The van der Waals surface area contributed by atoms with Gasteiger partial charge in [-0.3, -0.25) is 14.4 Å². The van der Waals surface area contributed by atoms with Crippen LogP contribution >= 0.6 is 23.2 Å². The molecule has 24 heavy (non-hydrogen) atoms. The van der Waals surface area contributed by atoms with Gasteiger partial charge in [-0.1, -0.05) is 41.4 Å². The van der Waals surface area contributed by atoms with Gasteiger partial charge < -0.3 is 16.0 Å². The van der Waals surface area contributed by atoms with Gasteiger partial charge in [0.1, 0.15) is 0 Å². The van der Waals surface area contributed by atoms with E-state index in [0.717, 1.165) is 0 Å². The number of nitrogens with one attached hydrogen (secondary N) is 3. The van der Waals surface area contributed by atoms with E-state index in [9.17, 15) is 14.4 Å². The second kappa shape index (κ2) is 8.33. The van der Waals surface area contributed by atoms with Crippen molar-refractivity contribution in [2.75, 3.05) is 17.2 Å². The topological polar surface area (TPSA) is 87.3 Å². The number of benzene rings is 2. The van der Waals surface area contributed by atoms with E-state index in [1.807, 2.05) is 6.07 Å². The number of para-hydroxylation sites is 1. The van der Waals surface area contributed by atoms with Gasteiger partial charge in [0.15, 0.2) is 0 Å². The highest BCUT2D eigenvalue weighted by Gasteiger charge is 2.15. The van der Waals surface area contributed by atoms with Gasteiger partial charge in [0.2, 0.25) is 5.91 Å². The molecule has 0 heterocycles. The van der Waals surface area contributed by atoms with Crippen molar-refractivity contribution in [2.45, 2.75) is 0 Å². The second-order valence-electron chi connectivity index (χ2n) is 4.71. The molecule has 124 valence electrons. The molecule has 3 amide bonds. The van der Waals surface area contributed by atoms with E-state index in [2.05, 4.69) is 16.0 Å². The third-order valence-corrected chi connectivity index (χ3v) is 3.23. The zero-order chi connectivity index (χ0) is 17.5. The molecule has 2 rings (SSSR count). The Hall–Kier alpha value is -2.57. The summed E-state index contributed by atoms with van der Waals surface area (Å²) in [5.41, 5.74) is 0.871. The summed E-state index contributed by atoms with van der Waals surface area (Å²) >= 11 is 11.6. The van der Waals surface area contributed by atoms with Crippen LogP contribution in [0.5, 0.6) is 0 Å². The summed E-state index contributed by atoms with van der Waals surface area (Å²) < 4.78 is 0. The van der Waals surface area contributed by atoms with Crippen molar-refractivity contribution in [3.8, 4) is 0 Å². The largest absolute Gasteiger partial charge is 0.339 e. The van der Waals surface area contributed by atoms with Crippen molar-refractivity contribution in [3.05, 3.63) is 58.6 Å². The number of hydrogen-bond donors (Lipinski definition) is 3. The Bertz CT molecular complexity index is 746. The molecule has 0 fully saturated rings. The predicted octanol–water partition coefficient (Wildman–Crippen LogP) is 2.69. The van der Waals surface area contributed by atoms with Crippen LogP contribution in [-0.2, 0) is 14.4 Å². The molecule has 0 spiro atoms. The standard InChI is InChI=1S/C16H13Cl2N3O3/c17-10-6-11(18)8-13(7-10)21-16(24)15(23)19-9-14(22)20-12-4-2-1-3-5-12/h1-8H,9H2,(H,19,23)(H,20,22)(H,21,24). The minimum atomic E-state index is -0.950. The molecule has 0 saturated heterocycles. The van der Waals surface area contributed by atoms with Gasteiger partial charge in [-0.2, -0.15) is 0 Å². The molecular formula is C16H13Cl2N3O3. The first kappa shape index (κ1) is 17.8. The van der Waals surface area contributed by atoms with Gasteiger partial charge in [-0.15, -0.1) is 0 Å². The number of halogens is 2. The third kappa shape index (κ3) is 5.57. The van der Waals surface area contributed by atoms with Crippen molar-refractivity contribution in [2.24, 2.45) is 0 Å². The van der Waals surface area contributed by atoms with Crippen LogP contribution in [-0.4, -0.2) is 24.3 Å². The summed E-state index contributed by atoms with van der Waals surface area (Å²) in [5.74, 6) is -2.33. The average Bonchev–Trinajstić information content (AvgIpc) is 2.52. The van der Waals surface area contributed by atoms with Crippen LogP contribution in [0.4, 0.5) is 11.4 Å². The van der Waals surface area contributed by atoms with Crippen molar-refractivity contribution >= 4 is 52.3 Å². The Morgan fingerprint density at radius 3 is 2.04 bits per heavy atom. The highest BCUT2D eigenvalue weighted by molar-refractivity contribution is 6.40. The van der Waals surface area contributed by atoms with Gasteiger partial charge in [0, 0.05) is 21.4 Å². The molecule has 0 aliphatic carbocycles. The molecule has 0 bridgehead atoms. The maximum Gasteiger partial charge on any atom is 0.313 e. The van der Waals surface area contributed by atoms with Crippen LogP contribution in [0.15, 0.2) is 48.5 Å². The number of carbonyl (C=O) groups excluding carboxylic acids is 3. The molecule has 0 aromatic heterocycles. The summed E-state index contributed by atoms with van der Waals surface area (Å²) in [7, 11) is 0. The summed E-state index contributed by atoms with van der Waals surface area (Å²) in [6, 6.07) is 13.1. The second-order valence-corrected chi connectivity index (χ2v) is 5.58. The minimum absolute atomic E-state index is 0.279. The fourth-order valence-corrected chi connectivity index (χ4v) is 2.31. The molecule has 2 aromatic carbocycles. The van der Waals surface area contributed by atoms with Crippen LogP contribution in [0, 0.1) is 0 Å². The molecule has 6 nitrogen and oxygen atoms in total. The molecule has 3 N–H and O–H groups in total. The van der Waals surface area contributed by atoms with Gasteiger partial charge >= 0.3 is 11.8 Å². The van der Waals surface area contributed by atoms with E-state index in [-0.39, 0.29) is 12.2 Å². The first-order valence-electron chi connectivity index (χ1n) is 6.84. The van der Waals surface area contributed by atoms with Crippen LogP contribution in [0.3, 0.4) is 0 Å². The summed E-state index contributed by atoms with van der Waals surface area (Å²) in [4.78, 5) is 35.2. The maximum absolute atomic E-state index is 11.8. The van der Waals surface area contributed by atoms with Crippen LogP contribution < -0.4 is 16.0 Å². The molecule has 0 unspecified atom stereocenters. The van der Waals surface area contributed by atoms with Crippen molar-refractivity contribution < 1.29 is 14.4 Å². The fourth-order valence-electron chi connectivity index (χ4n) is 1.78. The number of amides is 3. The Morgan fingerprint density at radius 1 is 0.792 bits per heavy atom. The Balaban J connectivity index is 1.83. The SMILES string of the molecule is O=C(CNC(=O)C(=O)Nc1cc(Cl)cc(Cl)c1)Nc1ccccc1. The van der Waals surface area contributed by atoms with E-state index in [4.69, 9.17) is 23.2 Å². The number of carbonyl (C=O) groups is 3. The smallest absolute Gasteiger partial charge is 0.313 e. The molecule has 8 heteroatoms. The van der Waals surface area contributed by atoms with E-state index in [0.29, 0.717) is 15.7 Å². The van der Waals surface area contributed by atoms with E-state index in [1.165, 1.54) is 18.2 Å². The van der Waals surface area contributed by atoms with Crippen LogP contribution in [0.25, 0.3) is 0 Å². The van der Waals surface area contributed by atoms with Gasteiger partial charge in [0.25, 0.3) is 0 Å². The Labute approximate surface area is 148 Å². The highest BCUT2D eigenvalue weighted by Crippen LogP contribution is 2.22.